The van der Waals surface area contributed by atoms with Crippen molar-refractivity contribution in [1.29, 1.82) is 0 Å². The molecule has 2 aliphatic rings. The Balaban J connectivity index is 1.04. The van der Waals surface area contributed by atoms with Crippen molar-refractivity contribution < 1.29 is 36.9 Å². The van der Waals surface area contributed by atoms with Gasteiger partial charge < -0.3 is 46.8 Å². The highest BCUT2D eigenvalue weighted by Gasteiger charge is 2.30. The van der Waals surface area contributed by atoms with Crippen molar-refractivity contribution in [1.82, 2.24) is 19.9 Å². The van der Waals surface area contributed by atoms with Crippen molar-refractivity contribution in [3.63, 3.8) is 0 Å². The number of hydrogen-bond donors (Lipinski definition) is 2. The Bertz CT molecular complexity index is 5330. The van der Waals surface area contributed by atoms with Crippen molar-refractivity contribution >= 4 is 86.7 Å². The third-order valence-corrected chi connectivity index (χ3v) is 26.1. The molecule has 2 N–H and O–H groups in total. The van der Waals surface area contributed by atoms with Gasteiger partial charge in [-0.15, -0.1) is 0 Å². The predicted octanol–water partition coefficient (Wildman–Crippen LogP) is 23.8. The molecule has 13 aromatic rings. The van der Waals surface area contributed by atoms with Gasteiger partial charge in [-0.25, -0.2) is 9.97 Å². The van der Waals surface area contributed by atoms with Gasteiger partial charge in [0.1, 0.15) is 23.0 Å². The minimum atomic E-state index is 0.580. The molecule has 12 heteroatoms. The summed E-state index contributed by atoms with van der Waals surface area (Å²) in [6.07, 6.45) is 8.00. The van der Waals surface area contributed by atoms with Gasteiger partial charge in [-0.3, -0.25) is 0 Å². The third kappa shape index (κ3) is 16.2. The molecule has 12 nitrogen and oxygen atoms in total. The number of benzene rings is 10. The molecule has 112 heavy (non-hydrogen) atoms. The maximum atomic E-state index is 7.06. The Morgan fingerprint density at radius 2 is 0.527 bits per heavy atom. The van der Waals surface area contributed by atoms with E-state index in [1.54, 1.807) is 0 Å². The first-order valence-electron chi connectivity index (χ1n) is 42.2. The second-order valence-electron chi connectivity index (χ2n) is 33.0. The van der Waals surface area contributed by atoms with Gasteiger partial charge in [0.2, 0.25) is 0 Å². The van der Waals surface area contributed by atoms with Gasteiger partial charge in [0.05, 0.1) is 167 Å². The molecule has 0 amide bonds. The molecule has 578 valence electrons. The maximum absolute atomic E-state index is 7.06. The highest BCUT2D eigenvalue weighted by atomic mass is 16.5. The van der Waals surface area contributed by atoms with Crippen molar-refractivity contribution in [2.45, 2.75) is 107 Å². The molecular formula is C100H118N8O4+4. The molecule has 3 aromatic heterocycles. The molecular weight excluding hydrogens is 1380 g/mol. The summed E-state index contributed by atoms with van der Waals surface area (Å²) in [5, 5.41) is 13.4. The van der Waals surface area contributed by atoms with Crippen LogP contribution in [-0.4, -0.2) is 171 Å². The minimum Gasteiger partial charge on any atom is -0.493 e. The summed E-state index contributed by atoms with van der Waals surface area (Å²) >= 11 is 0. The zero-order valence-electron chi connectivity index (χ0n) is 68.8. The van der Waals surface area contributed by atoms with E-state index in [4.69, 9.17) is 28.9 Å². The number of aromatic amines is 2. The Kier molecular flexibility index (Phi) is 23.0. The van der Waals surface area contributed by atoms with Gasteiger partial charge >= 0.3 is 0 Å². The second-order valence-corrected chi connectivity index (χ2v) is 33.0. The van der Waals surface area contributed by atoms with Crippen LogP contribution in [0.2, 0.25) is 0 Å². The fourth-order valence-electron chi connectivity index (χ4n) is 17.0. The molecule has 0 saturated heterocycles. The Morgan fingerprint density at radius 3 is 0.795 bits per heavy atom. The fraction of sp³-hybridized carbons (Fsp3) is 0.360. The molecule has 0 fully saturated rings. The van der Waals surface area contributed by atoms with Crippen LogP contribution in [0.5, 0.6) is 23.0 Å². The molecule has 0 atom stereocenters. The summed E-state index contributed by atoms with van der Waals surface area (Å²) in [4.78, 5) is 20.9. The van der Waals surface area contributed by atoms with Crippen molar-refractivity contribution in [2.24, 2.45) is 0 Å². The zero-order chi connectivity index (χ0) is 77.7. The van der Waals surface area contributed by atoms with Crippen LogP contribution in [0.15, 0.2) is 194 Å². The average Bonchev–Trinajstić information content (AvgIpc) is 1.56. The summed E-state index contributed by atoms with van der Waals surface area (Å²) in [5.74, 6) is 3.09. The van der Waals surface area contributed by atoms with Gasteiger partial charge in [-0.2, -0.15) is 0 Å². The van der Waals surface area contributed by atoms with E-state index >= 15 is 0 Å². The lowest BCUT2D eigenvalue weighted by Crippen LogP contribution is -2.44. The van der Waals surface area contributed by atoms with E-state index in [0.29, 0.717) is 26.4 Å². The van der Waals surface area contributed by atoms with Crippen molar-refractivity contribution in [3.8, 4) is 90.3 Å². The lowest BCUT2D eigenvalue weighted by Gasteiger charge is -2.32. The number of unbranched alkanes of at least 4 members (excludes halogenated alkanes) is 4. The molecule has 5 heterocycles. The first-order chi connectivity index (χ1) is 54.5. The Morgan fingerprint density at radius 1 is 0.277 bits per heavy atom. The molecule has 15 rings (SSSR count). The van der Waals surface area contributed by atoms with E-state index in [1.807, 2.05) is 0 Å². The maximum Gasteiger partial charge on any atom is 0.123 e. The fourth-order valence-corrected chi connectivity index (χ4v) is 17.0. The van der Waals surface area contributed by atoms with Crippen LogP contribution >= 0.6 is 0 Å². The number of aromatic nitrogens is 4. The molecule has 2 aliphatic heterocycles. The molecule has 8 bridgehead atoms. The van der Waals surface area contributed by atoms with Crippen LogP contribution in [0.25, 0.3) is 154 Å². The molecule has 0 radical (unpaired) electrons. The van der Waals surface area contributed by atoms with Crippen molar-refractivity contribution in [2.75, 3.05) is 133 Å². The number of H-pyrrole nitrogens is 2. The van der Waals surface area contributed by atoms with Crippen LogP contribution < -0.4 is 18.9 Å². The van der Waals surface area contributed by atoms with Gasteiger partial charge in [-0.1, -0.05) is 97.1 Å². The third-order valence-electron chi connectivity index (χ3n) is 26.1. The first kappa shape index (κ1) is 77.2. The second kappa shape index (κ2) is 33.3. The monoisotopic (exact) mass is 1490 g/mol. The average molecular weight is 1500 g/mol. The number of hydrogen-bond acceptors (Lipinski definition) is 6. The zero-order valence-corrected chi connectivity index (χ0v) is 68.8. The number of nitrogens with zero attached hydrogens (tertiary/aromatic N) is 6. The van der Waals surface area contributed by atoms with Gasteiger partial charge in [-0.05, 0) is 246 Å². The normalized spacial score (nSPS) is 12.6. The number of fused-ring (bicyclic) bond motifs is 24. The Hall–Kier alpha value is -10.1. The van der Waals surface area contributed by atoms with E-state index in [9.17, 15) is 0 Å². The lowest BCUT2D eigenvalue weighted by molar-refractivity contribution is -0.906. The largest absolute Gasteiger partial charge is 0.493 e. The first-order valence-corrected chi connectivity index (χ1v) is 42.2. The summed E-state index contributed by atoms with van der Waals surface area (Å²) in [5.41, 5.74) is 15.1. The topological polar surface area (TPSA) is 94.3 Å². The van der Waals surface area contributed by atoms with E-state index in [1.165, 1.54) is 0 Å². The minimum absolute atomic E-state index is 0.580. The summed E-state index contributed by atoms with van der Waals surface area (Å²) in [7, 11) is 9.49. The van der Waals surface area contributed by atoms with Crippen molar-refractivity contribution in [3.05, 3.63) is 194 Å². The number of ether oxygens (including phenoxy) is 4. The van der Waals surface area contributed by atoms with E-state index in [0.717, 1.165) is 325 Å². The molecule has 0 spiro atoms. The smallest absolute Gasteiger partial charge is 0.123 e. The number of nitrogens with one attached hydrogen (secondary N) is 2. The van der Waals surface area contributed by atoms with E-state index in [-0.39, 0.29) is 0 Å². The lowest BCUT2D eigenvalue weighted by atomic mass is 9.93. The van der Waals surface area contributed by atoms with E-state index in [2.05, 4.69) is 288 Å². The molecule has 0 aliphatic carbocycles. The van der Waals surface area contributed by atoms with Crippen LogP contribution in [0.4, 0.5) is 0 Å². The quantitative estimate of drug-likeness (QED) is 0.0308. The van der Waals surface area contributed by atoms with Gasteiger partial charge in [0.25, 0.3) is 0 Å². The number of quaternary nitrogens is 4. The summed E-state index contributed by atoms with van der Waals surface area (Å²) < 4.78 is 32.4. The van der Waals surface area contributed by atoms with Crippen LogP contribution in [0, 0.1) is 0 Å². The molecule has 0 saturated carbocycles. The highest BCUT2D eigenvalue weighted by Crippen LogP contribution is 2.51. The standard InChI is InChI=1S/C100H118N8O4/c1-13-105(9,14-2)45-29-33-49-109-79-53-77(54-80(65-79)110-50-34-30-46-106(10,15-3)16-4)95-97-87-61-73-41-25-21-37-69(73)57-83(87)91(101-97)67-93-85-59-71-39-23-27-43-75(71)63-89(85)99(103-93)96(78-55-81(111-51-35-31-47-107(11,17-5)18-6)66-82(56-78)112-52-36-32-48-108(12,19-7)20-8)100-90-64-76-44-28-24-40-72(76)60-86(90)94(104-100)68-92-84-58-70-38-22-26-42-74(70)62-88(84)98(95)102-92/h21-28,37-44,53-68,101,104H,13-20,29-36,45-52H2,1-12H3/q+4. The van der Waals surface area contributed by atoms with Crippen LogP contribution in [0.1, 0.15) is 107 Å². The SMILES string of the molecule is CC[N+](C)(CC)CCCCOc1cc(OCCCC[N+](C)(CC)CC)cc(-c2c3nc(cc4[nH]c(c(-c5cc(OCCCC[N+](C)(CC)CC)cc(OCCCC[N+](C)(CC)CC)c5)c5nc(cc6[nH]c2c2cc7ccccc7cc62)-c2cc6ccccc6cc2-5)c2cc5ccccc5cc42)-c2cc4ccccc4cc2-3)c1. The van der Waals surface area contributed by atoms with Crippen LogP contribution in [-0.2, 0) is 0 Å². The number of rotatable bonds is 34. The molecule has 10 aromatic carbocycles. The highest BCUT2D eigenvalue weighted by molar-refractivity contribution is 6.21. The predicted molar refractivity (Wildman–Crippen MR) is 473 cm³/mol. The van der Waals surface area contributed by atoms with Crippen LogP contribution in [0.3, 0.4) is 0 Å². The van der Waals surface area contributed by atoms with E-state index < -0.39 is 0 Å². The summed E-state index contributed by atoms with van der Waals surface area (Å²) in [6.45, 7) is 34.0. The molecule has 0 unspecified atom stereocenters. The van der Waals surface area contributed by atoms with Gasteiger partial charge in [0.15, 0.2) is 0 Å². The van der Waals surface area contributed by atoms with Gasteiger partial charge in [0, 0.05) is 78.1 Å². The summed E-state index contributed by atoms with van der Waals surface area (Å²) in [6, 6.07) is 72.0. The Labute approximate surface area is 664 Å².